The van der Waals surface area contributed by atoms with Gasteiger partial charge in [-0.05, 0) is 41.6 Å². The van der Waals surface area contributed by atoms with Crippen molar-refractivity contribution in [2.24, 2.45) is 5.92 Å². The van der Waals surface area contributed by atoms with Crippen LogP contribution in [0.4, 0.5) is 0 Å². The Balaban J connectivity index is 2.30. The molecule has 1 fully saturated rings. The Labute approximate surface area is 91.3 Å². The highest BCUT2D eigenvalue weighted by Crippen LogP contribution is 2.27. The van der Waals surface area contributed by atoms with Crippen molar-refractivity contribution in [1.29, 1.82) is 0 Å². The van der Waals surface area contributed by atoms with Crippen molar-refractivity contribution in [3.63, 3.8) is 0 Å². The molecular weight excluding hydrogens is 244 g/mol. The van der Waals surface area contributed by atoms with E-state index < -0.39 is 0 Å². The molecule has 0 aromatic carbocycles. The standard InChI is InChI=1S/C10H13BrN2O/c1-7-12-5-9(11)10(14)13(7)6-8-3-2-4-8/h5,8H,2-4,6H2,1H3. The molecule has 4 heteroatoms. The predicted octanol–water partition coefficient (Wildman–Crippen LogP) is 2.11. The number of halogens is 1. The second kappa shape index (κ2) is 3.85. The summed E-state index contributed by atoms with van der Waals surface area (Å²) < 4.78 is 2.33. The molecule has 1 heterocycles. The van der Waals surface area contributed by atoms with Crippen LogP contribution in [0.2, 0.25) is 0 Å². The molecule has 1 aliphatic carbocycles. The summed E-state index contributed by atoms with van der Waals surface area (Å²) in [6, 6.07) is 0. The zero-order chi connectivity index (χ0) is 10.1. The van der Waals surface area contributed by atoms with Gasteiger partial charge in [0.05, 0.1) is 0 Å². The third-order valence-electron chi connectivity index (χ3n) is 2.87. The van der Waals surface area contributed by atoms with Crippen LogP contribution in [0.5, 0.6) is 0 Å². The lowest BCUT2D eigenvalue weighted by molar-refractivity contribution is 0.270. The number of hydrogen-bond donors (Lipinski definition) is 0. The lowest BCUT2D eigenvalue weighted by Gasteiger charge is -2.26. The molecule has 14 heavy (non-hydrogen) atoms. The van der Waals surface area contributed by atoms with Crippen molar-refractivity contribution in [1.82, 2.24) is 9.55 Å². The summed E-state index contributed by atoms with van der Waals surface area (Å²) in [5.74, 6) is 1.49. The molecule has 0 radical (unpaired) electrons. The molecule has 0 bridgehead atoms. The van der Waals surface area contributed by atoms with Gasteiger partial charge in [0.15, 0.2) is 0 Å². The summed E-state index contributed by atoms with van der Waals surface area (Å²) in [5.41, 5.74) is 0.0457. The van der Waals surface area contributed by atoms with Crippen LogP contribution in [0.25, 0.3) is 0 Å². The molecule has 76 valence electrons. The Morgan fingerprint density at radius 3 is 2.93 bits per heavy atom. The van der Waals surface area contributed by atoms with E-state index in [4.69, 9.17) is 0 Å². The molecule has 1 aromatic heterocycles. The maximum Gasteiger partial charge on any atom is 0.267 e. The van der Waals surface area contributed by atoms with Gasteiger partial charge in [-0.3, -0.25) is 9.36 Å². The van der Waals surface area contributed by atoms with E-state index >= 15 is 0 Å². The normalized spacial score (nSPS) is 16.7. The minimum Gasteiger partial charge on any atom is -0.296 e. The molecule has 0 N–H and O–H groups in total. The quantitative estimate of drug-likeness (QED) is 0.813. The molecule has 0 spiro atoms. The van der Waals surface area contributed by atoms with Crippen LogP contribution in [0.1, 0.15) is 25.1 Å². The first-order valence-corrected chi connectivity index (χ1v) is 5.69. The van der Waals surface area contributed by atoms with Crippen molar-refractivity contribution >= 4 is 15.9 Å². The fraction of sp³-hybridized carbons (Fsp3) is 0.600. The Morgan fingerprint density at radius 2 is 2.36 bits per heavy atom. The van der Waals surface area contributed by atoms with Crippen LogP contribution in [0.15, 0.2) is 15.5 Å². The highest BCUT2D eigenvalue weighted by atomic mass is 79.9. The molecule has 0 unspecified atom stereocenters. The van der Waals surface area contributed by atoms with Crippen molar-refractivity contribution in [2.45, 2.75) is 32.7 Å². The molecule has 0 saturated heterocycles. The highest BCUT2D eigenvalue weighted by molar-refractivity contribution is 9.10. The van der Waals surface area contributed by atoms with E-state index in [-0.39, 0.29) is 5.56 Å². The van der Waals surface area contributed by atoms with Gasteiger partial charge < -0.3 is 0 Å². The predicted molar refractivity (Wildman–Crippen MR) is 58.3 cm³/mol. The van der Waals surface area contributed by atoms with Gasteiger partial charge >= 0.3 is 0 Å². The second-order valence-electron chi connectivity index (χ2n) is 3.87. The summed E-state index contributed by atoms with van der Waals surface area (Å²) in [6.07, 6.45) is 5.38. The largest absolute Gasteiger partial charge is 0.296 e. The monoisotopic (exact) mass is 256 g/mol. The van der Waals surface area contributed by atoms with Gasteiger partial charge in [0.2, 0.25) is 0 Å². The van der Waals surface area contributed by atoms with Gasteiger partial charge in [-0.1, -0.05) is 6.42 Å². The van der Waals surface area contributed by atoms with Crippen LogP contribution in [0, 0.1) is 12.8 Å². The average molecular weight is 257 g/mol. The van der Waals surface area contributed by atoms with Crippen molar-refractivity contribution < 1.29 is 0 Å². The Morgan fingerprint density at radius 1 is 1.64 bits per heavy atom. The molecular formula is C10H13BrN2O. The number of hydrogen-bond acceptors (Lipinski definition) is 2. The van der Waals surface area contributed by atoms with Crippen molar-refractivity contribution in [3.05, 3.63) is 26.8 Å². The molecule has 0 amide bonds. The van der Waals surface area contributed by atoms with E-state index in [1.54, 1.807) is 10.8 Å². The third kappa shape index (κ3) is 1.75. The minimum absolute atomic E-state index is 0.0457. The van der Waals surface area contributed by atoms with Gasteiger partial charge in [-0.2, -0.15) is 0 Å². The SMILES string of the molecule is Cc1ncc(Br)c(=O)n1CC1CCC1. The summed E-state index contributed by atoms with van der Waals surface area (Å²) in [4.78, 5) is 15.9. The maximum absolute atomic E-state index is 11.7. The molecule has 3 nitrogen and oxygen atoms in total. The number of rotatable bonds is 2. The molecule has 1 saturated carbocycles. The summed E-state index contributed by atoms with van der Waals surface area (Å²) in [5, 5.41) is 0. The topological polar surface area (TPSA) is 34.9 Å². The first-order chi connectivity index (χ1) is 6.68. The first-order valence-electron chi connectivity index (χ1n) is 4.90. The lowest BCUT2D eigenvalue weighted by atomic mass is 9.85. The molecule has 1 aromatic rings. The fourth-order valence-corrected chi connectivity index (χ4v) is 2.02. The number of aryl methyl sites for hydroxylation is 1. The van der Waals surface area contributed by atoms with Crippen LogP contribution in [-0.4, -0.2) is 9.55 Å². The highest BCUT2D eigenvalue weighted by Gasteiger charge is 2.19. The molecule has 1 aliphatic rings. The van der Waals surface area contributed by atoms with Crippen LogP contribution < -0.4 is 5.56 Å². The van der Waals surface area contributed by atoms with Crippen LogP contribution in [-0.2, 0) is 6.54 Å². The summed E-state index contributed by atoms with van der Waals surface area (Å²) >= 11 is 3.21. The average Bonchev–Trinajstić information content (AvgIpc) is 2.09. The van der Waals surface area contributed by atoms with E-state index in [1.807, 2.05) is 6.92 Å². The van der Waals surface area contributed by atoms with Gasteiger partial charge in [-0.15, -0.1) is 0 Å². The Hall–Kier alpha value is -0.640. The lowest BCUT2D eigenvalue weighted by Crippen LogP contribution is -2.29. The van der Waals surface area contributed by atoms with E-state index in [0.29, 0.717) is 10.4 Å². The zero-order valence-corrected chi connectivity index (χ0v) is 9.75. The minimum atomic E-state index is 0.0457. The number of nitrogens with zero attached hydrogens (tertiary/aromatic N) is 2. The van der Waals surface area contributed by atoms with Crippen molar-refractivity contribution in [2.75, 3.05) is 0 Å². The van der Waals surface area contributed by atoms with Gasteiger partial charge in [0.1, 0.15) is 10.3 Å². The van der Waals surface area contributed by atoms with Gasteiger partial charge in [-0.25, -0.2) is 4.98 Å². The first kappa shape index (κ1) is 9.90. The van der Waals surface area contributed by atoms with Crippen LogP contribution >= 0.6 is 15.9 Å². The molecule has 2 rings (SSSR count). The van der Waals surface area contributed by atoms with E-state index in [2.05, 4.69) is 20.9 Å². The maximum atomic E-state index is 11.7. The summed E-state index contributed by atoms with van der Waals surface area (Å²) in [7, 11) is 0. The fourth-order valence-electron chi connectivity index (χ4n) is 1.70. The Bertz CT molecular complexity index is 396. The molecule has 0 aliphatic heterocycles. The van der Waals surface area contributed by atoms with Gasteiger partial charge in [0, 0.05) is 12.7 Å². The van der Waals surface area contributed by atoms with Crippen molar-refractivity contribution in [3.8, 4) is 0 Å². The van der Waals surface area contributed by atoms with Gasteiger partial charge in [0.25, 0.3) is 5.56 Å². The van der Waals surface area contributed by atoms with E-state index in [0.717, 1.165) is 12.4 Å². The second-order valence-corrected chi connectivity index (χ2v) is 4.72. The zero-order valence-electron chi connectivity index (χ0n) is 8.16. The number of aromatic nitrogens is 2. The summed E-state index contributed by atoms with van der Waals surface area (Å²) in [6.45, 7) is 2.71. The smallest absolute Gasteiger partial charge is 0.267 e. The molecule has 0 atom stereocenters. The van der Waals surface area contributed by atoms with E-state index in [1.165, 1.54) is 19.3 Å². The van der Waals surface area contributed by atoms with E-state index in [9.17, 15) is 4.79 Å². The Kier molecular flexibility index (Phi) is 2.72. The van der Waals surface area contributed by atoms with Crippen LogP contribution in [0.3, 0.4) is 0 Å². The third-order valence-corrected chi connectivity index (χ3v) is 3.41.